The lowest BCUT2D eigenvalue weighted by atomic mass is 10.1. The van der Waals surface area contributed by atoms with Gasteiger partial charge in [-0.15, -0.1) is 10.2 Å². The summed E-state index contributed by atoms with van der Waals surface area (Å²) in [5.74, 6) is 0.745. The molecule has 2 aromatic heterocycles. The van der Waals surface area contributed by atoms with Gasteiger partial charge in [0.05, 0.1) is 11.9 Å². The molecule has 0 saturated carbocycles. The molecule has 1 saturated heterocycles. The highest BCUT2D eigenvalue weighted by Gasteiger charge is 2.23. The van der Waals surface area contributed by atoms with Crippen molar-refractivity contribution in [2.24, 2.45) is 7.05 Å². The van der Waals surface area contributed by atoms with Crippen molar-refractivity contribution in [2.45, 2.75) is 25.9 Å². The highest BCUT2D eigenvalue weighted by atomic mass is 16.3. The topological polar surface area (TPSA) is 92.0 Å². The van der Waals surface area contributed by atoms with Gasteiger partial charge in [0.25, 0.3) is 0 Å². The smallest absolute Gasteiger partial charge is 0.245 e. The summed E-state index contributed by atoms with van der Waals surface area (Å²) >= 11 is 0. The molecule has 0 aliphatic carbocycles. The van der Waals surface area contributed by atoms with E-state index in [0.717, 1.165) is 24.3 Å². The fourth-order valence-corrected chi connectivity index (χ4v) is 3.50. The lowest BCUT2D eigenvalue weighted by Crippen LogP contribution is -2.54. The third-order valence-electron chi connectivity index (χ3n) is 4.67. The van der Waals surface area contributed by atoms with Crippen LogP contribution in [0.2, 0.25) is 0 Å². The first-order valence-corrected chi connectivity index (χ1v) is 9.03. The van der Waals surface area contributed by atoms with Crippen LogP contribution in [0, 0.1) is 0 Å². The monoisotopic (exact) mass is 365 g/mol. The van der Waals surface area contributed by atoms with Crippen LogP contribution in [-0.2, 0) is 7.05 Å². The van der Waals surface area contributed by atoms with Crippen LogP contribution in [0.4, 0.5) is 5.95 Å². The minimum Gasteiger partial charge on any atom is -0.507 e. The summed E-state index contributed by atoms with van der Waals surface area (Å²) in [6.45, 7) is 5.97. The van der Waals surface area contributed by atoms with Gasteiger partial charge in [-0.2, -0.15) is 5.10 Å². The van der Waals surface area contributed by atoms with Gasteiger partial charge in [-0.05, 0) is 32.0 Å². The van der Waals surface area contributed by atoms with E-state index in [4.69, 9.17) is 0 Å². The first kappa shape index (κ1) is 17.4. The zero-order valence-corrected chi connectivity index (χ0v) is 15.7. The average molecular weight is 365 g/mol. The molecule has 0 radical (unpaired) electrons. The van der Waals surface area contributed by atoms with E-state index in [1.165, 1.54) is 0 Å². The lowest BCUT2D eigenvalue weighted by molar-refractivity contribution is 0.402. The molecule has 8 heteroatoms. The molecule has 2 unspecified atom stereocenters. The van der Waals surface area contributed by atoms with Crippen molar-refractivity contribution in [3.63, 3.8) is 0 Å². The fourth-order valence-electron chi connectivity index (χ4n) is 3.50. The number of hydrogen-bond donors (Lipinski definition) is 2. The molecule has 1 aliphatic heterocycles. The quantitative estimate of drug-likeness (QED) is 0.731. The molecule has 8 nitrogen and oxygen atoms in total. The van der Waals surface area contributed by atoms with Gasteiger partial charge >= 0.3 is 0 Å². The maximum Gasteiger partial charge on any atom is 0.245 e. The van der Waals surface area contributed by atoms with Crippen molar-refractivity contribution in [3.05, 3.63) is 36.7 Å². The standard InChI is InChI=1S/C19H23N7O/c1-12-10-26(11-13(2)21-12)19-20-9-17(22-23-19)15-5-4-14(8-18(15)27)16-6-7-25(3)24-16/h4-9,12-13,21,27H,10-11H2,1-3H3. The number of nitrogens with zero attached hydrogens (tertiary/aromatic N) is 6. The summed E-state index contributed by atoms with van der Waals surface area (Å²) in [4.78, 5) is 6.60. The van der Waals surface area contributed by atoms with Crippen molar-refractivity contribution in [2.75, 3.05) is 18.0 Å². The van der Waals surface area contributed by atoms with Crippen molar-refractivity contribution >= 4 is 5.95 Å². The predicted octanol–water partition coefficient (Wildman–Crippen LogP) is 1.83. The molecule has 0 spiro atoms. The lowest BCUT2D eigenvalue weighted by Gasteiger charge is -2.35. The molecule has 1 aromatic carbocycles. The number of aryl methyl sites for hydroxylation is 1. The number of nitrogens with one attached hydrogen (secondary N) is 1. The van der Waals surface area contributed by atoms with E-state index < -0.39 is 0 Å². The summed E-state index contributed by atoms with van der Waals surface area (Å²) < 4.78 is 1.73. The number of aromatic hydroxyl groups is 1. The Morgan fingerprint density at radius 3 is 2.44 bits per heavy atom. The minimum absolute atomic E-state index is 0.131. The molecule has 3 heterocycles. The molecule has 4 rings (SSSR count). The first-order valence-electron chi connectivity index (χ1n) is 9.03. The third-order valence-corrected chi connectivity index (χ3v) is 4.67. The largest absolute Gasteiger partial charge is 0.507 e. The van der Waals surface area contributed by atoms with Crippen LogP contribution in [0.1, 0.15) is 13.8 Å². The highest BCUT2D eigenvalue weighted by molar-refractivity contribution is 5.72. The maximum absolute atomic E-state index is 10.5. The molecular formula is C19H23N7O. The van der Waals surface area contributed by atoms with E-state index in [-0.39, 0.29) is 5.75 Å². The molecule has 0 amide bonds. The Hall–Kier alpha value is -3.00. The molecule has 140 valence electrons. The molecule has 2 atom stereocenters. The van der Waals surface area contributed by atoms with Gasteiger partial charge in [0.15, 0.2) is 0 Å². The Bertz CT molecular complexity index is 927. The van der Waals surface area contributed by atoms with Crippen LogP contribution < -0.4 is 10.2 Å². The first-order chi connectivity index (χ1) is 13.0. The van der Waals surface area contributed by atoms with Crippen LogP contribution >= 0.6 is 0 Å². The van der Waals surface area contributed by atoms with Gasteiger partial charge in [0, 0.05) is 49.5 Å². The Balaban J connectivity index is 1.57. The molecule has 0 bridgehead atoms. The van der Waals surface area contributed by atoms with Crippen molar-refractivity contribution < 1.29 is 5.11 Å². The van der Waals surface area contributed by atoms with Crippen LogP contribution in [0.15, 0.2) is 36.7 Å². The number of anilines is 1. The van der Waals surface area contributed by atoms with Crippen LogP contribution in [-0.4, -0.2) is 55.2 Å². The Morgan fingerprint density at radius 2 is 1.85 bits per heavy atom. The van der Waals surface area contributed by atoms with Gasteiger partial charge in [0.2, 0.25) is 5.95 Å². The van der Waals surface area contributed by atoms with E-state index in [0.29, 0.717) is 29.3 Å². The molecule has 2 N–H and O–H groups in total. The fraction of sp³-hybridized carbons (Fsp3) is 0.368. The van der Waals surface area contributed by atoms with Gasteiger partial charge < -0.3 is 15.3 Å². The molecule has 27 heavy (non-hydrogen) atoms. The average Bonchev–Trinajstić information content (AvgIpc) is 3.07. The maximum atomic E-state index is 10.5. The molecule has 3 aromatic rings. The summed E-state index contributed by atoms with van der Waals surface area (Å²) in [6.07, 6.45) is 3.53. The zero-order valence-electron chi connectivity index (χ0n) is 15.7. The second-order valence-corrected chi connectivity index (χ2v) is 7.12. The second kappa shape index (κ2) is 6.96. The zero-order chi connectivity index (χ0) is 19.0. The predicted molar refractivity (Wildman–Crippen MR) is 103 cm³/mol. The molecular weight excluding hydrogens is 342 g/mol. The number of hydrogen-bond acceptors (Lipinski definition) is 7. The summed E-state index contributed by atoms with van der Waals surface area (Å²) in [6, 6.07) is 8.07. The normalized spacial score (nSPS) is 20.0. The van der Waals surface area contributed by atoms with Gasteiger partial charge in [-0.25, -0.2) is 4.98 Å². The van der Waals surface area contributed by atoms with E-state index in [2.05, 4.69) is 44.3 Å². The molecule has 1 fully saturated rings. The number of piperazine rings is 1. The van der Waals surface area contributed by atoms with E-state index in [9.17, 15) is 5.11 Å². The molecule has 1 aliphatic rings. The summed E-state index contributed by atoms with van der Waals surface area (Å²) in [5, 5.41) is 26.9. The van der Waals surface area contributed by atoms with Crippen LogP contribution in [0.3, 0.4) is 0 Å². The van der Waals surface area contributed by atoms with Crippen LogP contribution in [0.5, 0.6) is 5.75 Å². The number of benzene rings is 1. The summed E-state index contributed by atoms with van der Waals surface area (Å²) in [7, 11) is 1.86. The number of phenolic OH excluding ortho intramolecular Hbond substituents is 1. The van der Waals surface area contributed by atoms with E-state index >= 15 is 0 Å². The van der Waals surface area contributed by atoms with Crippen molar-refractivity contribution in [1.82, 2.24) is 30.3 Å². The number of aromatic nitrogens is 5. The van der Waals surface area contributed by atoms with E-state index in [1.54, 1.807) is 16.9 Å². The summed E-state index contributed by atoms with van der Waals surface area (Å²) in [5.41, 5.74) is 2.79. The van der Waals surface area contributed by atoms with Crippen molar-refractivity contribution in [3.8, 4) is 28.3 Å². The Morgan fingerprint density at radius 1 is 1.07 bits per heavy atom. The highest BCUT2D eigenvalue weighted by Crippen LogP contribution is 2.31. The van der Waals surface area contributed by atoms with Crippen molar-refractivity contribution in [1.29, 1.82) is 0 Å². The Kier molecular flexibility index (Phi) is 4.49. The van der Waals surface area contributed by atoms with Gasteiger partial charge in [-0.1, -0.05) is 6.07 Å². The van der Waals surface area contributed by atoms with Gasteiger partial charge in [0.1, 0.15) is 11.4 Å². The number of phenols is 1. The minimum atomic E-state index is 0.131. The van der Waals surface area contributed by atoms with Gasteiger partial charge in [-0.3, -0.25) is 4.68 Å². The second-order valence-electron chi connectivity index (χ2n) is 7.12. The SMILES string of the molecule is CC1CN(c2ncc(-c3ccc(-c4ccn(C)n4)cc3O)nn2)CC(C)N1. The third kappa shape index (κ3) is 3.61. The van der Waals surface area contributed by atoms with E-state index in [1.807, 2.05) is 31.4 Å². The number of rotatable bonds is 3. The van der Waals surface area contributed by atoms with Crippen LogP contribution in [0.25, 0.3) is 22.5 Å². The Labute approximate surface area is 157 Å².